The van der Waals surface area contributed by atoms with Crippen LogP contribution in [0.1, 0.15) is 33.9 Å². The fourth-order valence-corrected chi connectivity index (χ4v) is 3.81. The first-order chi connectivity index (χ1) is 13.6. The lowest BCUT2D eigenvalue weighted by Gasteiger charge is -2.14. The molecule has 3 aromatic rings. The molecule has 1 unspecified atom stereocenters. The number of thiazole rings is 1. The zero-order valence-corrected chi connectivity index (χ0v) is 15.8. The predicted octanol–water partition coefficient (Wildman–Crippen LogP) is 3.79. The Morgan fingerprint density at radius 2 is 2.00 bits per heavy atom. The third-order valence-corrected chi connectivity index (χ3v) is 5.34. The second-order valence-corrected chi connectivity index (χ2v) is 7.38. The number of nitrogens with zero attached hydrogens (tertiary/aromatic N) is 1. The number of aromatic nitrogens is 1. The summed E-state index contributed by atoms with van der Waals surface area (Å²) in [6.07, 6.45) is 3.23. The van der Waals surface area contributed by atoms with Gasteiger partial charge in [0.2, 0.25) is 0 Å². The number of carbonyl (C=O) groups excluding carboxylic acids is 2. The number of carbonyl (C=O) groups is 2. The molecule has 1 atom stereocenters. The maximum atomic E-state index is 12.6. The van der Waals surface area contributed by atoms with Gasteiger partial charge in [-0.2, -0.15) is 0 Å². The summed E-state index contributed by atoms with van der Waals surface area (Å²) in [7, 11) is 0. The number of anilines is 3. The molecule has 0 bridgehead atoms. The summed E-state index contributed by atoms with van der Waals surface area (Å²) >= 11 is 1.37. The number of nitrogens with two attached hydrogens (primary N) is 1. The molecule has 0 fully saturated rings. The van der Waals surface area contributed by atoms with E-state index in [9.17, 15) is 9.59 Å². The molecular formula is C20H19N5O2S. The largest absolute Gasteiger partial charge is 0.397 e. The summed E-state index contributed by atoms with van der Waals surface area (Å²) in [6.45, 7) is 0. The minimum absolute atomic E-state index is 0.0863. The van der Waals surface area contributed by atoms with Crippen molar-refractivity contribution < 1.29 is 9.59 Å². The number of urea groups is 1. The number of benzene rings is 2. The lowest BCUT2D eigenvalue weighted by Crippen LogP contribution is -2.31. The summed E-state index contributed by atoms with van der Waals surface area (Å²) in [6, 6.07) is 12.3. The summed E-state index contributed by atoms with van der Waals surface area (Å²) in [5.41, 5.74) is 9.66. The second-order valence-electron chi connectivity index (χ2n) is 6.48. The van der Waals surface area contributed by atoms with Gasteiger partial charge in [-0.3, -0.25) is 10.1 Å². The third-order valence-electron chi connectivity index (χ3n) is 4.65. The highest BCUT2D eigenvalue weighted by Gasteiger charge is 2.25. The van der Waals surface area contributed by atoms with Crippen molar-refractivity contribution in [1.29, 1.82) is 0 Å². The average Bonchev–Trinajstić information content (AvgIpc) is 3.33. The van der Waals surface area contributed by atoms with E-state index in [2.05, 4.69) is 20.9 Å². The van der Waals surface area contributed by atoms with Gasteiger partial charge in [0, 0.05) is 17.1 Å². The number of nitrogens with one attached hydrogen (secondary N) is 3. The third kappa shape index (κ3) is 3.81. The average molecular weight is 393 g/mol. The number of rotatable bonds is 4. The first-order valence-electron chi connectivity index (χ1n) is 8.86. The topological polar surface area (TPSA) is 109 Å². The Kier molecular flexibility index (Phi) is 4.94. The van der Waals surface area contributed by atoms with Crippen LogP contribution in [0.4, 0.5) is 21.3 Å². The van der Waals surface area contributed by atoms with Crippen molar-refractivity contribution in [2.75, 3.05) is 16.4 Å². The van der Waals surface area contributed by atoms with Crippen LogP contribution >= 0.6 is 11.3 Å². The molecule has 4 rings (SSSR count). The van der Waals surface area contributed by atoms with Crippen molar-refractivity contribution >= 4 is 39.8 Å². The van der Waals surface area contributed by atoms with Gasteiger partial charge < -0.3 is 16.4 Å². The highest BCUT2D eigenvalue weighted by molar-refractivity contribution is 7.13. The fraction of sp³-hybridized carbons (Fsp3) is 0.150. The van der Waals surface area contributed by atoms with Crippen molar-refractivity contribution in [2.45, 2.75) is 18.9 Å². The number of nitrogen functional groups attached to an aromatic ring is 1. The lowest BCUT2D eigenvalue weighted by molar-refractivity contribution is 0.102. The Bertz CT molecular complexity index is 1020. The van der Waals surface area contributed by atoms with Crippen molar-refractivity contribution in [1.82, 2.24) is 10.3 Å². The van der Waals surface area contributed by atoms with E-state index in [-0.39, 0.29) is 18.0 Å². The van der Waals surface area contributed by atoms with Crippen LogP contribution in [0.2, 0.25) is 0 Å². The molecule has 0 saturated heterocycles. The number of aryl methyl sites for hydroxylation is 1. The normalized spacial score (nSPS) is 14.9. The van der Waals surface area contributed by atoms with Crippen molar-refractivity contribution in [3.8, 4) is 0 Å². The maximum Gasteiger partial charge on any atom is 0.321 e. The van der Waals surface area contributed by atoms with Gasteiger partial charge in [-0.15, -0.1) is 11.3 Å². The number of para-hydroxylation sites is 2. The summed E-state index contributed by atoms with van der Waals surface area (Å²) < 4.78 is 0. The fourth-order valence-electron chi connectivity index (χ4n) is 3.29. The van der Waals surface area contributed by atoms with Crippen LogP contribution in [-0.2, 0) is 6.42 Å². The van der Waals surface area contributed by atoms with E-state index in [0.29, 0.717) is 22.1 Å². The van der Waals surface area contributed by atoms with Gasteiger partial charge in [0.15, 0.2) is 5.13 Å². The maximum absolute atomic E-state index is 12.6. The first kappa shape index (κ1) is 18.0. The van der Waals surface area contributed by atoms with Gasteiger partial charge in [0.05, 0.1) is 17.4 Å². The molecule has 0 spiro atoms. The molecular weight excluding hydrogens is 374 g/mol. The standard InChI is InChI=1S/C20H19N5O2S/c21-15-3-1-2-4-17(15)23-18(26)13-5-7-14-12(11-13)6-8-16(14)24-19(27)25-20-22-9-10-28-20/h1-5,7,9-11,16H,6,8,21H2,(H,23,26)(H2,22,24,25,27). The van der Waals surface area contributed by atoms with E-state index in [1.165, 1.54) is 11.3 Å². The van der Waals surface area contributed by atoms with Crippen LogP contribution in [0.5, 0.6) is 0 Å². The van der Waals surface area contributed by atoms with E-state index >= 15 is 0 Å². The van der Waals surface area contributed by atoms with Crippen LogP contribution in [0.25, 0.3) is 0 Å². The van der Waals surface area contributed by atoms with E-state index in [4.69, 9.17) is 5.73 Å². The molecule has 3 amide bonds. The molecule has 28 heavy (non-hydrogen) atoms. The van der Waals surface area contributed by atoms with Gasteiger partial charge in [-0.1, -0.05) is 18.2 Å². The smallest absolute Gasteiger partial charge is 0.321 e. The lowest BCUT2D eigenvalue weighted by atomic mass is 10.0. The van der Waals surface area contributed by atoms with E-state index < -0.39 is 0 Å². The molecule has 1 aliphatic carbocycles. The molecule has 7 nitrogen and oxygen atoms in total. The molecule has 1 aromatic heterocycles. The molecule has 8 heteroatoms. The van der Waals surface area contributed by atoms with E-state index in [0.717, 1.165) is 24.0 Å². The predicted molar refractivity (Wildman–Crippen MR) is 111 cm³/mol. The molecule has 1 aliphatic rings. The van der Waals surface area contributed by atoms with E-state index in [1.54, 1.807) is 29.8 Å². The van der Waals surface area contributed by atoms with Gasteiger partial charge in [0.25, 0.3) is 5.91 Å². The minimum Gasteiger partial charge on any atom is -0.397 e. The van der Waals surface area contributed by atoms with E-state index in [1.807, 2.05) is 24.3 Å². The molecule has 5 N–H and O–H groups in total. The SMILES string of the molecule is Nc1ccccc1NC(=O)c1ccc2c(c1)CCC2NC(=O)Nc1nccs1. The second kappa shape index (κ2) is 7.69. The number of hydrogen-bond acceptors (Lipinski definition) is 5. The van der Waals surface area contributed by atoms with Gasteiger partial charge in [-0.05, 0) is 48.2 Å². The molecule has 1 heterocycles. The van der Waals surface area contributed by atoms with Crippen LogP contribution < -0.4 is 21.7 Å². The Labute approximate surface area is 166 Å². The summed E-state index contributed by atoms with van der Waals surface area (Å²) in [5.74, 6) is -0.210. The summed E-state index contributed by atoms with van der Waals surface area (Å²) in [5, 5.41) is 10.9. The van der Waals surface area contributed by atoms with Crippen LogP contribution in [0.15, 0.2) is 54.0 Å². The number of hydrogen-bond donors (Lipinski definition) is 4. The zero-order chi connectivity index (χ0) is 19.5. The van der Waals surface area contributed by atoms with Crippen molar-refractivity contribution in [2.24, 2.45) is 0 Å². The Hall–Kier alpha value is -3.39. The van der Waals surface area contributed by atoms with Crippen LogP contribution in [0, 0.1) is 0 Å². The van der Waals surface area contributed by atoms with Gasteiger partial charge >= 0.3 is 6.03 Å². The highest BCUT2D eigenvalue weighted by atomic mass is 32.1. The Balaban J connectivity index is 1.43. The molecule has 142 valence electrons. The quantitative estimate of drug-likeness (QED) is 0.506. The van der Waals surface area contributed by atoms with Crippen LogP contribution in [-0.4, -0.2) is 16.9 Å². The molecule has 0 aliphatic heterocycles. The van der Waals surface area contributed by atoms with Crippen molar-refractivity contribution in [3.05, 3.63) is 70.7 Å². The number of fused-ring (bicyclic) bond motifs is 1. The van der Waals surface area contributed by atoms with Gasteiger partial charge in [0.1, 0.15) is 0 Å². The van der Waals surface area contributed by atoms with Crippen molar-refractivity contribution in [3.63, 3.8) is 0 Å². The van der Waals surface area contributed by atoms with Gasteiger partial charge in [-0.25, -0.2) is 9.78 Å². The molecule has 0 saturated carbocycles. The molecule has 2 aromatic carbocycles. The van der Waals surface area contributed by atoms with Crippen LogP contribution in [0.3, 0.4) is 0 Å². The Morgan fingerprint density at radius 3 is 2.79 bits per heavy atom. The Morgan fingerprint density at radius 1 is 1.14 bits per heavy atom. The zero-order valence-electron chi connectivity index (χ0n) is 14.9. The highest BCUT2D eigenvalue weighted by Crippen LogP contribution is 2.32. The summed E-state index contributed by atoms with van der Waals surface area (Å²) in [4.78, 5) is 28.7. The molecule has 0 radical (unpaired) electrons. The number of amides is 3. The first-order valence-corrected chi connectivity index (χ1v) is 9.74. The minimum atomic E-state index is -0.283. The monoisotopic (exact) mass is 393 g/mol.